The number of aliphatic imine (C=N–C) groups is 1. The van der Waals surface area contributed by atoms with Crippen molar-refractivity contribution in [3.05, 3.63) is 118 Å². The van der Waals surface area contributed by atoms with Crippen molar-refractivity contribution in [2.75, 3.05) is 6.61 Å². The second-order valence-electron chi connectivity index (χ2n) is 8.54. The molecule has 0 amide bonds. The average molecular weight is 551 g/mol. The van der Waals surface area contributed by atoms with E-state index in [0.29, 0.717) is 34.4 Å². The largest absolute Gasteiger partial charge is 0.462 e. The van der Waals surface area contributed by atoms with E-state index in [1.54, 1.807) is 98.1 Å². The zero-order valence-electron chi connectivity index (χ0n) is 21.0. The number of carbonyl (C=O) groups is 1. The molecule has 4 aromatic rings. The van der Waals surface area contributed by atoms with E-state index >= 15 is 0 Å². The van der Waals surface area contributed by atoms with E-state index < -0.39 is 10.0 Å². The van der Waals surface area contributed by atoms with E-state index in [-0.39, 0.29) is 24.0 Å². The molecule has 0 aliphatic rings. The SMILES string of the molecule is CCOC(=O)c1ccc(N=Cc2ccc(CN(Cc3ccc(Cl)cc3)S(=O)(=O)c3ccc(C)cc3)o2)cc1. The van der Waals surface area contributed by atoms with Gasteiger partial charge in [-0.2, -0.15) is 4.31 Å². The van der Waals surface area contributed by atoms with Gasteiger partial charge in [-0.15, -0.1) is 0 Å². The molecular weight excluding hydrogens is 524 g/mol. The Balaban J connectivity index is 1.53. The van der Waals surface area contributed by atoms with Crippen LogP contribution in [0, 0.1) is 6.92 Å². The summed E-state index contributed by atoms with van der Waals surface area (Å²) in [5, 5.41) is 0.576. The molecule has 1 aromatic heterocycles. The minimum atomic E-state index is -3.82. The molecule has 3 aromatic carbocycles. The number of esters is 1. The number of hydrogen-bond acceptors (Lipinski definition) is 6. The van der Waals surface area contributed by atoms with E-state index in [0.717, 1.165) is 11.1 Å². The molecule has 0 atom stereocenters. The molecule has 0 N–H and O–H groups in total. The van der Waals surface area contributed by atoms with Crippen LogP contribution in [0.3, 0.4) is 0 Å². The lowest BCUT2D eigenvalue weighted by Crippen LogP contribution is -2.30. The van der Waals surface area contributed by atoms with Crippen LogP contribution in [0.5, 0.6) is 0 Å². The standard InChI is InChI=1S/C29H27ClN2O5S/c1-3-36-29(33)23-8-12-25(13-9-23)31-18-26-14-15-27(37-26)20-32(19-22-6-10-24(30)11-7-22)38(34,35)28-16-4-21(2)5-17-28/h4-18H,3,19-20H2,1-2H3. The maximum atomic E-state index is 13.6. The number of furan rings is 1. The van der Waals surface area contributed by atoms with Crippen molar-refractivity contribution < 1.29 is 22.4 Å². The summed E-state index contributed by atoms with van der Waals surface area (Å²) in [5.41, 5.74) is 2.84. The lowest BCUT2D eigenvalue weighted by atomic mass is 10.2. The van der Waals surface area contributed by atoms with Gasteiger partial charge in [0.05, 0.1) is 35.5 Å². The third-order valence-electron chi connectivity index (χ3n) is 5.66. The van der Waals surface area contributed by atoms with Crippen molar-refractivity contribution in [2.24, 2.45) is 4.99 Å². The summed E-state index contributed by atoms with van der Waals surface area (Å²) in [7, 11) is -3.82. The molecule has 38 heavy (non-hydrogen) atoms. The normalized spacial score (nSPS) is 11.8. The van der Waals surface area contributed by atoms with Gasteiger partial charge in [0.1, 0.15) is 11.5 Å². The van der Waals surface area contributed by atoms with Crippen LogP contribution in [-0.4, -0.2) is 31.5 Å². The maximum absolute atomic E-state index is 13.6. The van der Waals surface area contributed by atoms with Crippen LogP contribution in [0.15, 0.2) is 99.2 Å². The Hall–Kier alpha value is -3.72. The van der Waals surface area contributed by atoms with Crippen LogP contribution in [0.2, 0.25) is 5.02 Å². The van der Waals surface area contributed by atoms with Gasteiger partial charge in [-0.1, -0.05) is 41.4 Å². The Morgan fingerprint density at radius 3 is 2.29 bits per heavy atom. The van der Waals surface area contributed by atoms with Gasteiger partial charge in [0.15, 0.2) is 0 Å². The molecule has 9 heteroatoms. The Morgan fingerprint density at radius 1 is 0.947 bits per heavy atom. The molecule has 0 saturated heterocycles. The monoisotopic (exact) mass is 550 g/mol. The minimum Gasteiger partial charge on any atom is -0.462 e. The second kappa shape index (κ2) is 12.2. The van der Waals surface area contributed by atoms with Crippen molar-refractivity contribution in [3.8, 4) is 0 Å². The van der Waals surface area contributed by atoms with Crippen molar-refractivity contribution in [2.45, 2.75) is 31.8 Å². The third kappa shape index (κ3) is 6.98. The number of aryl methyl sites for hydroxylation is 1. The molecule has 0 aliphatic carbocycles. The fourth-order valence-corrected chi connectivity index (χ4v) is 5.16. The van der Waals surface area contributed by atoms with E-state index in [9.17, 15) is 13.2 Å². The van der Waals surface area contributed by atoms with E-state index in [1.165, 1.54) is 4.31 Å². The summed E-state index contributed by atoms with van der Waals surface area (Å²) in [5.74, 6) is 0.546. The topological polar surface area (TPSA) is 89.2 Å². The molecule has 0 aliphatic heterocycles. The van der Waals surface area contributed by atoms with Gasteiger partial charge in [-0.25, -0.2) is 13.2 Å². The molecule has 7 nitrogen and oxygen atoms in total. The number of rotatable bonds is 10. The molecule has 4 rings (SSSR count). The Kier molecular flexibility index (Phi) is 8.78. The van der Waals surface area contributed by atoms with Gasteiger partial charge in [0.2, 0.25) is 10.0 Å². The first-order valence-electron chi connectivity index (χ1n) is 12.0. The van der Waals surface area contributed by atoms with Crippen molar-refractivity contribution in [1.82, 2.24) is 4.31 Å². The summed E-state index contributed by atoms with van der Waals surface area (Å²) in [6.45, 7) is 4.14. The Bertz CT molecular complexity index is 1510. The highest BCUT2D eigenvalue weighted by Gasteiger charge is 2.26. The van der Waals surface area contributed by atoms with Crippen LogP contribution >= 0.6 is 11.6 Å². The van der Waals surface area contributed by atoms with Gasteiger partial charge in [0, 0.05) is 11.6 Å². The molecule has 0 fully saturated rings. The van der Waals surface area contributed by atoms with Gasteiger partial charge in [-0.05, 0) is 80.1 Å². The third-order valence-corrected chi connectivity index (χ3v) is 7.72. The highest BCUT2D eigenvalue weighted by atomic mass is 35.5. The fraction of sp³-hybridized carbons (Fsp3) is 0.172. The average Bonchev–Trinajstić information content (AvgIpc) is 3.36. The number of hydrogen-bond donors (Lipinski definition) is 0. The first-order valence-corrected chi connectivity index (χ1v) is 13.8. The smallest absolute Gasteiger partial charge is 0.338 e. The molecule has 0 saturated carbocycles. The van der Waals surface area contributed by atoms with E-state index in [4.69, 9.17) is 20.8 Å². The van der Waals surface area contributed by atoms with Gasteiger partial charge in [0.25, 0.3) is 0 Å². The van der Waals surface area contributed by atoms with Crippen LogP contribution in [0.4, 0.5) is 5.69 Å². The zero-order valence-corrected chi connectivity index (χ0v) is 22.6. The maximum Gasteiger partial charge on any atom is 0.338 e. The molecule has 1 heterocycles. The molecular formula is C29H27ClN2O5S. The Labute approximate surface area is 227 Å². The van der Waals surface area contributed by atoms with Crippen LogP contribution < -0.4 is 0 Å². The Morgan fingerprint density at radius 2 is 1.63 bits per heavy atom. The molecule has 0 spiro atoms. The number of sulfonamides is 1. The number of carbonyl (C=O) groups excluding carboxylic acids is 1. The van der Waals surface area contributed by atoms with E-state index in [2.05, 4.69) is 4.99 Å². The van der Waals surface area contributed by atoms with Gasteiger partial charge >= 0.3 is 5.97 Å². The van der Waals surface area contributed by atoms with Crippen LogP contribution in [0.1, 0.15) is 39.9 Å². The van der Waals surface area contributed by atoms with E-state index in [1.807, 2.05) is 6.92 Å². The number of ether oxygens (including phenoxy) is 1. The molecule has 196 valence electrons. The lowest BCUT2D eigenvalue weighted by molar-refractivity contribution is 0.0526. The fourth-order valence-electron chi connectivity index (χ4n) is 3.64. The minimum absolute atomic E-state index is 0.0287. The van der Waals surface area contributed by atoms with Gasteiger partial charge < -0.3 is 9.15 Å². The van der Waals surface area contributed by atoms with Crippen molar-refractivity contribution in [1.29, 1.82) is 0 Å². The number of halogens is 1. The molecule has 0 radical (unpaired) electrons. The van der Waals surface area contributed by atoms with Gasteiger partial charge in [-0.3, -0.25) is 4.99 Å². The number of benzene rings is 3. The summed E-state index contributed by atoms with van der Waals surface area (Å²) in [6.07, 6.45) is 1.54. The van der Waals surface area contributed by atoms with Crippen molar-refractivity contribution >= 4 is 39.5 Å². The quantitative estimate of drug-likeness (QED) is 0.165. The highest BCUT2D eigenvalue weighted by molar-refractivity contribution is 7.89. The predicted molar refractivity (Wildman–Crippen MR) is 147 cm³/mol. The lowest BCUT2D eigenvalue weighted by Gasteiger charge is -2.21. The first-order chi connectivity index (χ1) is 18.2. The summed E-state index contributed by atoms with van der Waals surface area (Å²) in [6, 6.07) is 24.0. The second-order valence-corrected chi connectivity index (χ2v) is 10.9. The van der Waals surface area contributed by atoms with Crippen molar-refractivity contribution in [3.63, 3.8) is 0 Å². The predicted octanol–water partition coefficient (Wildman–Crippen LogP) is 6.56. The van der Waals surface area contributed by atoms with Crippen LogP contribution in [0.25, 0.3) is 0 Å². The summed E-state index contributed by atoms with van der Waals surface area (Å²) < 4.78 is 39.3. The summed E-state index contributed by atoms with van der Waals surface area (Å²) in [4.78, 5) is 16.4. The highest BCUT2D eigenvalue weighted by Crippen LogP contribution is 2.23. The zero-order chi connectivity index (χ0) is 27.1. The number of nitrogens with zero attached hydrogens (tertiary/aromatic N) is 2. The molecule has 0 unspecified atom stereocenters. The molecule has 0 bridgehead atoms. The first kappa shape index (κ1) is 27.3. The van der Waals surface area contributed by atoms with Crippen LogP contribution in [-0.2, 0) is 27.8 Å². The summed E-state index contributed by atoms with van der Waals surface area (Å²) >= 11 is 6.01.